The van der Waals surface area contributed by atoms with Crippen LogP contribution in [0.25, 0.3) is 28.0 Å². The quantitative estimate of drug-likeness (QED) is 0.248. The number of amides is 1. The average molecular weight is 607 g/mol. The summed E-state index contributed by atoms with van der Waals surface area (Å²) in [6, 6.07) is 21.2. The largest absolute Gasteiger partial charge is 0.395 e. The predicted octanol–water partition coefficient (Wildman–Crippen LogP) is 5.51. The minimum Gasteiger partial charge on any atom is -0.395 e. The van der Waals surface area contributed by atoms with Crippen LogP contribution in [0.3, 0.4) is 0 Å². The number of benzene rings is 2. The molecule has 1 amide bonds. The summed E-state index contributed by atoms with van der Waals surface area (Å²) in [5, 5.41) is 17.7. The lowest BCUT2D eigenvalue weighted by Gasteiger charge is -2.35. The first kappa shape index (κ1) is 29.9. The van der Waals surface area contributed by atoms with Crippen molar-refractivity contribution in [3.8, 4) is 22.4 Å². The van der Waals surface area contributed by atoms with Crippen LogP contribution in [-0.2, 0) is 11.2 Å². The molecule has 45 heavy (non-hydrogen) atoms. The van der Waals surface area contributed by atoms with Gasteiger partial charge in [-0.1, -0.05) is 61.4 Å². The molecule has 236 valence electrons. The van der Waals surface area contributed by atoms with E-state index in [1.807, 2.05) is 10.6 Å². The molecule has 2 N–H and O–H groups in total. The van der Waals surface area contributed by atoms with Crippen molar-refractivity contribution in [2.45, 2.75) is 58.3 Å². The second kappa shape index (κ2) is 12.9. The standard InChI is InChI=1S/C37H46N6O2/c1-27-35(30-9-3-2-4-10-30)36-39-32(24-34(43(36)40-27)42-19-17-41(18-20-42)21-22-44)31-11-5-7-28(23-31)13-16-38-33(45)26-37-14-6-8-29(25-37)12-15-37/h2-5,7,9-11,23-24,29,44H,6,8,12-22,25-26H2,1H3,(H,38,45). The van der Waals surface area contributed by atoms with Crippen LogP contribution in [0.2, 0.25) is 0 Å². The fourth-order valence-corrected chi connectivity index (χ4v) is 8.22. The smallest absolute Gasteiger partial charge is 0.220 e. The number of aliphatic hydroxyl groups is 1. The molecule has 2 saturated carbocycles. The molecule has 7 rings (SSSR count). The van der Waals surface area contributed by atoms with E-state index in [2.05, 4.69) is 76.6 Å². The zero-order valence-corrected chi connectivity index (χ0v) is 26.5. The van der Waals surface area contributed by atoms with Crippen molar-refractivity contribution in [2.75, 3.05) is 50.8 Å². The summed E-state index contributed by atoms with van der Waals surface area (Å²) in [4.78, 5) is 22.9. The topological polar surface area (TPSA) is 86.0 Å². The summed E-state index contributed by atoms with van der Waals surface area (Å²) in [5.74, 6) is 2.11. The maximum Gasteiger partial charge on any atom is 0.220 e. The SMILES string of the molecule is Cc1nn2c(N3CCN(CCO)CC3)cc(-c3cccc(CCNC(=O)CC45CCCC(CC4)C5)c3)nc2c1-c1ccccc1. The number of rotatable bonds is 10. The van der Waals surface area contributed by atoms with Gasteiger partial charge < -0.3 is 15.3 Å². The van der Waals surface area contributed by atoms with E-state index in [1.54, 1.807) is 0 Å². The number of aromatic nitrogens is 3. The fraction of sp³-hybridized carbons (Fsp3) is 0.486. The number of fused-ring (bicyclic) bond motifs is 3. The van der Waals surface area contributed by atoms with Crippen molar-refractivity contribution in [3.63, 3.8) is 0 Å². The van der Waals surface area contributed by atoms with Crippen molar-refractivity contribution in [1.82, 2.24) is 24.8 Å². The lowest BCUT2D eigenvalue weighted by molar-refractivity contribution is -0.123. The first-order chi connectivity index (χ1) is 22.0. The molecule has 1 saturated heterocycles. The molecule has 3 aliphatic rings. The number of carbonyl (C=O) groups excluding carboxylic acids is 1. The van der Waals surface area contributed by atoms with E-state index in [0.717, 1.165) is 78.1 Å². The lowest BCUT2D eigenvalue weighted by Crippen LogP contribution is -2.47. The zero-order chi connectivity index (χ0) is 30.8. The van der Waals surface area contributed by atoms with E-state index < -0.39 is 0 Å². The first-order valence-electron chi connectivity index (χ1n) is 16.9. The van der Waals surface area contributed by atoms with Gasteiger partial charge in [0.05, 0.1) is 18.0 Å². The van der Waals surface area contributed by atoms with Gasteiger partial charge in [-0.2, -0.15) is 9.61 Å². The monoisotopic (exact) mass is 606 g/mol. The molecular formula is C37H46N6O2. The van der Waals surface area contributed by atoms with E-state index in [4.69, 9.17) is 10.1 Å². The van der Waals surface area contributed by atoms with Crippen LogP contribution in [0, 0.1) is 18.3 Å². The van der Waals surface area contributed by atoms with E-state index in [0.29, 0.717) is 19.5 Å². The van der Waals surface area contributed by atoms with Crippen molar-refractivity contribution >= 4 is 17.4 Å². The number of hydrogen-bond donors (Lipinski definition) is 2. The minimum absolute atomic E-state index is 0.184. The van der Waals surface area contributed by atoms with Gasteiger partial charge in [0.1, 0.15) is 5.82 Å². The van der Waals surface area contributed by atoms with Crippen LogP contribution in [-0.4, -0.2) is 76.4 Å². The Morgan fingerprint density at radius 3 is 2.64 bits per heavy atom. The Kier molecular flexibility index (Phi) is 8.60. The van der Waals surface area contributed by atoms with Crippen molar-refractivity contribution in [3.05, 3.63) is 71.9 Å². The summed E-state index contributed by atoms with van der Waals surface area (Å²) in [7, 11) is 0. The Balaban J connectivity index is 1.13. The van der Waals surface area contributed by atoms with Crippen molar-refractivity contribution in [2.24, 2.45) is 11.3 Å². The molecule has 3 heterocycles. The van der Waals surface area contributed by atoms with Gasteiger partial charge >= 0.3 is 0 Å². The molecule has 4 aromatic rings. The summed E-state index contributed by atoms with van der Waals surface area (Å²) >= 11 is 0. The highest BCUT2D eigenvalue weighted by molar-refractivity contribution is 5.83. The number of hydrogen-bond acceptors (Lipinski definition) is 6. The maximum atomic E-state index is 12.9. The van der Waals surface area contributed by atoms with Gasteiger partial charge in [0, 0.05) is 62.9 Å². The molecule has 8 heteroatoms. The number of nitrogens with one attached hydrogen (secondary N) is 1. The first-order valence-corrected chi connectivity index (χ1v) is 16.9. The van der Waals surface area contributed by atoms with E-state index in [1.165, 1.54) is 44.1 Å². The molecule has 8 nitrogen and oxygen atoms in total. The van der Waals surface area contributed by atoms with Crippen LogP contribution in [0.15, 0.2) is 60.7 Å². The third-order valence-corrected chi connectivity index (χ3v) is 10.5. The van der Waals surface area contributed by atoms with Crippen molar-refractivity contribution in [1.29, 1.82) is 0 Å². The number of β-amino-alcohol motifs (C(OH)–C–C–N with tert-alkyl or cyclic N) is 1. The third-order valence-electron chi connectivity index (χ3n) is 10.5. The molecule has 3 fully saturated rings. The summed E-state index contributed by atoms with van der Waals surface area (Å²) in [6.07, 6.45) is 9.15. The van der Waals surface area contributed by atoms with Crippen LogP contribution < -0.4 is 10.2 Å². The Morgan fingerprint density at radius 1 is 1.00 bits per heavy atom. The van der Waals surface area contributed by atoms with Gasteiger partial charge in [-0.05, 0) is 67.6 Å². The second-order valence-corrected chi connectivity index (χ2v) is 13.6. The Morgan fingerprint density at radius 2 is 1.82 bits per heavy atom. The highest BCUT2D eigenvalue weighted by atomic mass is 16.3. The molecule has 1 aliphatic heterocycles. The molecule has 2 aromatic heterocycles. The fourth-order valence-electron chi connectivity index (χ4n) is 8.22. The van der Waals surface area contributed by atoms with Gasteiger partial charge in [-0.15, -0.1) is 0 Å². The van der Waals surface area contributed by atoms with E-state index in [9.17, 15) is 9.90 Å². The van der Waals surface area contributed by atoms with E-state index >= 15 is 0 Å². The highest BCUT2D eigenvalue weighted by Crippen LogP contribution is 2.53. The van der Waals surface area contributed by atoms with Crippen LogP contribution >= 0.6 is 0 Å². The summed E-state index contributed by atoms with van der Waals surface area (Å²) < 4.78 is 2.01. The number of carbonyl (C=O) groups is 1. The zero-order valence-electron chi connectivity index (χ0n) is 26.5. The lowest BCUT2D eigenvalue weighted by atomic mass is 9.73. The van der Waals surface area contributed by atoms with Gasteiger partial charge in [0.15, 0.2) is 5.65 Å². The number of aryl methyl sites for hydroxylation is 1. The molecular weight excluding hydrogens is 560 g/mol. The number of aliphatic hydroxyl groups excluding tert-OH is 1. The van der Waals surface area contributed by atoms with Crippen LogP contribution in [0.1, 0.15) is 56.2 Å². The normalized spacial score (nSPS) is 21.8. The highest BCUT2D eigenvalue weighted by Gasteiger charge is 2.42. The maximum absolute atomic E-state index is 12.9. The number of piperazine rings is 1. The minimum atomic E-state index is 0.184. The molecule has 0 spiro atoms. The Bertz CT molecular complexity index is 1640. The summed E-state index contributed by atoms with van der Waals surface area (Å²) in [6.45, 7) is 7.12. The van der Waals surface area contributed by atoms with Gasteiger partial charge in [-0.25, -0.2) is 4.98 Å². The van der Waals surface area contributed by atoms with Crippen molar-refractivity contribution < 1.29 is 9.90 Å². The Hall–Kier alpha value is -3.75. The average Bonchev–Trinajstić information content (AvgIpc) is 3.55. The molecule has 2 aromatic carbocycles. The van der Waals surface area contributed by atoms with E-state index in [-0.39, 0.29) is 17.9 Å². The predicted molar refractivity (Wildman–Crippen MR) is 179 cm³/mol. The molecule has 0 radical (unpaired) electrons. The number of nitrogens with zero attached hydrogens (tertiary/aromatic N) is 5. The Labute approximate surface area is 266 Å². The second-order valence-electron chi connectivity index (χ2n) is 13.6. The van der Waals surface area contributed by atoms with Gasteiger partial charge in [0.2, 0.25) is 5.91 Å². The molecule has 2 unspecified atom stereocenters. The van der Waals surface area contributed by atoms with Gasteiger partial charge in [0.25, 0.3) is 0 Å². The molecule has 2 atom stereocenters. The van der Waals surface area contributed by atoms with Gasteiger partial charge in [-0.3, -0.25) is 9.69 Å². The third kappa shape index (κ3) is 6.36. The summed E-state index contributed by atoms with van der Waals surface area (Å²) in [5.41, 5.74) is 7.43. The molecule has 2 bridgehead atoms. The molecule has 2 aliphatic carbocycles. The van der Waals surface area contributed by atoms with Crippen LogP contribution in [0.4, 0.5) is 5.82 Å². The number of anilines is 1. The van der Waals surface area contributed by atoms with Crippen LogP contribution in [0.5, 0.6) is 0 Å².